The lowest BCUT2D eigenvalue weighted by atomic mass is 10.2. The summed E-state index contributed by atoms with van der Waals surface area (Å²) in [6, 6.07) is 4.40. The second-order valence-corrected chi connectivity index (χ2v) is 3.68. The molecule has 0 bridgehead atoms. The normalized spacial score (nSPS) is 10.5. The molecule has 0 radical (unpaired) electrons. The third-order valence-corrected chi connectivity index (χ3v) is 2.34. The summed E-state index contributed by atoms with van der Waals surface area (Å²) in [5, 5.41) is 3.55. The minimum atomic E-state index is -0.344. The fourth-order valence-corrected chi connectivity index (χ4v) is 1.45. The van der Waals surface area contributed by atoms with Crippen LogP contribution in [0.5, 0.6) is 0 Å². The minimum absolute atomic E-state index is 0.0413. The molecule has 1 aromatic carbocycles. The zero-order valence-electron chi connectivity index (χ0n) is 6.67. The predicted octanol–water partition coefficient (Wildman–Crippen LogP) is 3.29. The van der Waals surface area contributed by atoms with E-state index in [0.29, 0.717) is 15.9 Å². The van der Waals surface area contributed by atoms with Crippen LogP contribution in [0.4, 0.5) is 4.39 Å². The molecule has 0 aliphatic rings. The topological polar surface area (TPSA) is 38.9 Å². The van der Waals surface area contributed by atoms with Gasteiger partial charge in [0, 0.05) is 5.56 Å². The molecule has 0 atom stereocenters. The number of nitrogens with zero attached hydrogens (tertiary/aromatic N) is 2. The Kier molecular flexibility index (Phi) is 2.52. The maximum Gasteiger partial charge on any atom is 0.320 e. The zero-order valence-corrected chi connectivity index (χ0v) is 9.01. The van der Waals surface area contributed by atoms with Crippen molar-refractivity contribution in [3.63, 3.8) is 0 Å². The van der Waals surface area contributed by atoms with E-state index in [0.717, 1.165) is 0 Å². The maximum atomic E-state index is 12.9. The number of rotatable bonds is 1. The van der Waals surface area contributed by atoms with E-state index < -0.39 is 0 Å². The molecule has 2 aromatic rings. The summed E-state index contributed by atoms with van der Waals surface area (Å²) in [5.74, 6) is -0.0148. The molecule has 0 aliphatic heterocycles. The zero-order chi connectivity index (χ0) is 10.1. The quantitative estimate of drug-likeness (QED) is 0.803. The van der Waals surface area contributed by atoms with E-state index in [1.165, 1.54) is 6.07 Å². The molecule has 0 unspecified atom stereocenters. The summed E-state index contributed by atoms with van der Waals surface area (Å²) in [4.78, 5) is 3.80. The molecule has 0 N–H and O–H groups in total. The Labute approximate surface area is 92.0 Å². The Hall–Kier alpha value is -0.940. The van der Waals surface area contributed by atoms with Gasteiger partial charge in [0.25, 0.3) is 0 Å². The Morgan fingerprint density at radius 3 is 2.79 bits per heavy atom. The van der Waals surface area contributed by atoms with Crippen molar-refractivity contribution in [1.29, 1.82) is 0 Å². The van der Waals surface area contributed by atoms with E-state index in [2.05, 4.69) is 30.6 Å². The van der Waals surface area contributed by atoms with Gasteiger partial charge in [0.2, 0.25) is 5.82 Å². The van der Waals surface area contributed by atoms with E-state index in [9.17, 15) is 4.39 Å². The molecule has 0 aliphatic carbocycles. The van der Waals surface area contributed by atoms with Crippen molar-refractivity contribution in [3.8, 4) is 11.4 Å². The second kappa shape index (κ2) is 3.67. The van der Waals surface area contributed by atoms with Gasteiger partial charge in [0.1, 0.15) is 5.82 Å². The smallest absolute Gasteiger partial charge is 0.320 e. The van der Waals surface area contributed by atoms with Crippen molar-refractivity contribution in [2.75, 3.05) is 0 Å². The molecular weight excluding hydrogens is 274 g/mol. The first-order valence-corrected chi connectivity index (χ1v) is 4.78. The second-order valence-electron chi connectivity index (χ2n) is 2.50. The summed E-state index contributed by atoms with van der Waals surface area (Å²) < 4.78 is 17.8. The van der Waals surface area contributed by atoms with Gasteiger partial charge in [-0.3, -0.25) is 0 Å². The molecule has 1 heterocycles. The lowest BCUT2D eigenvalue weighted by Crippen LogP contribution is -1.83. The molecular formula is C8H3BrClFN2O. The Morgan fingerprint density at radius 2 is 2.21 bits per heavy atom. The third kappa shape index (κ3) is 1.78. The van der Waals surface area contributed by atoms with E-state index in [1.807, 2.05) is 0 Å². The van der Waals surface area contributed by atoms with Gasteiger partial charge in [-0.2, -0.15) is 4.98 Å². The minimum Gasteiger partial charge on any atom is -0.321 e. The van der Waals surface area contributed by atoms with Crippen LogP contribution in [-0.4, -0.2) is 10.1 Å². The van der Waals surface area contributed by atoms with Crippen LogP contribution >= 0.6 is 27.5 Å². The van der Waals surface area contributed by atoms with Crippen LogP contribution in [0.25, 0.3) is 11.4 Å². The van der Waals surface area contributed by atoms with Gasteiger partial charge >= 0.3 is 5.35 Å². The van der Waals surface area contributed by atoms with Crippen LogP contribution in [0.1, 0.15) is 0 Å². The predicted molar refractivity (Wildman–Crippen MR) is 52.4 cm³/mol. The highest BCUT2D eigenvalue weighted by molar-refractivity contribution is 9.10. The highest BCUT2D eigenvalue weighted by atomic mass is 79.9. The molecule has 3 nitrogen and oxygen atoms in total. The molecule has 72 valence electrons. The summed E-state index contributed by atoms with van der Waals surface area (Å²) >= 11 is 8.51. The Bertz CT molecular complexity index is 474. The molecule has 0 saturated carbocycles. The van der Waals surface area contributed by atoms with Crippen molar-refractivity contribution in [2.45, 2.75) is 0 Å². The van der Waals surface area contributed by atoms with Crippen molar-refractivity contribution in [3.05, 3.63) is 33.8 Å². The fraction of sp³-hybridized carbons (Fsp3) is 0. The summed E-state index contributed by atoms with van der Waals surface area (Å²) in [6.45, 7) is 0. The van der Waals surface area contributed by atoms with E-state index in [-0.39, 0.29) is 11.2 Å². The molecule has 0 saturated heterocycles. The van der Waals surface area contributed by atoms with Gasteiger partial charge in [-0.1, -0.05) is 5.16 Å². The number of halogens is 3. The monoisotopic (exact) mass is 276 g/mol. The van der Waals surface area contributed by atoms with Gasteiger partial charge in [-0.05, 0) is 45.7 Å². The third-order valence-electron chi connectivity index (χ3n) is 1.58. The van der Waals surface area contributed by atoms with Crippen LogP contribution in [-0.2, 0) is 0 Å². The number of aromatic nitrogens is 2. The fourth-order valence-electron chi connectivity index (χ4n) is 0.957. The van der Waals surface area contributed by atoms with E-state index in [1.54, 1.807) is 12.1 Å². The van der Waals surface area contributed by atoms with Crippen LogP contribution in [0.2, 0.25) is 5.35 Å². The Morgan fingerprint density at radius 1 is 1.43 bits per heavy atom. The average molecular weight is 277 g/mol. The van der Waals surface area contributed by atoms with Gasteiger partial charge in [-0.15, -0.1) is 0 Å². The van der Waals surface area contributed by atoms with Crippen molar-refractivity contribution >= 4 is 27.5 Å². The number of hydrogen-bond donors (Lipinski definition) is 0. The summed E-state index contributed by atoms with van der Waals surface area (Å²) in [5.41, 5.74) is 0.633. The number of hydrogen-bond acceptors (Lipinski definition) is 3. The van der Waals surface area contributed by atoms with Crippen molar-refractivity contribution < 1.29 is 8.91 Å². The summed E-state index contributed by atoms with van der Waals surface area (Å²) in [6.07, 6.45) is 0. The van der Waals surface area contributed by atoms with Gasteiger partial charge in [0.15, 0.2) is 0 Å². The highest BCUT2D eigenvalue weighted by Crippen LogP contribution is 2.23. The lowest BCUT2D eigenvalue weighted by molar-refractivity contribution is 0.421. The largest absolute Gasteiger partial charge is 0.321 e. The Balaban J connectivity index is 2.47. The maximum absolute atomic E-state index is 12.9. The first-order chi connectivity index (χ1) is 6.66. The molecule has 0 amide bonds. The SMILES string of the molecule is Fc1ccc(-c2noc(Cl)n2)cc1Br. The van der Waals surface area contributed by atoms with Crippen LogP contribution in [0.15, 0.2) is 27.2 Å². The first-order valence-electron chi connectivity index (χ1n) is 3.61. The molecule has 1 aromatic heterocycles. The van der Waals surface area contributed by atoms with Crippen LogP contribution in [0, 0.1) is 5.82 Å². The lowest BCUT2D eigenvalue weighted by Gasteiger charge is -1.96. The van der Waals surface area contributed by atoms with Crippen molar-refractivity contribution in [2.24, 2.45) is 0 Å². The van der Waals surface area contributed by atoms with Crippen LogP contribution in [0.3, 0.4) is 0 Å². The summed E-state index contributed by atoms with van der Waals surface area (Å²) in [7, 11) is 0. The van der Waals surface area contributed by atoms with Gasteiger partial charge in [0.05, 0.1) is 4.47 Å². The van der Waals surface area contributed by atoms with Crippen molar-refractivity contribution in [1.82, 2.24) is 10.1 Å². The standard InChI is InChI=1S/C8H3BrClFN2O/c9-5-3-4(1-2-6(5)11)7-12-8(10)14-13-7/h1-3H. The van der Waals surface area contributed by atoms with E-state index in [4.69, 9.17) is 11.6 Å². The van der Waals surface area contributed by atoms with Crippen LogP contribution < -0.4 is 0 Å². The van der Waals surface area contributed by atoms with E-state index >= 15 is 0 Å². The number of benzene rings is 1. The molecule has 0 fully saturated rings. The van der Waals surface area contributed by atoms with Gasteiger partial charge in [-0.25, -0.2) is 4.39 Å². The molecule has 6 heteroatoms. The average Bonchev–Trinajstić information content (AvgIpc) is 2.57. The molecule has 14 heavy (non-hydrogen) atoms. The molecule has 2 rings (SSSR count). The first kappa shape index (κ1) is 9.61. The highest BCUT2D eigenvalue weighted by Gasteiger charge is 2.08. The molecule has 0 spiro atoms. The van der Waals surface area contributed by atoms with Gasteiger partial charge < -0.3 is 4.52 Å².